The summed E-state index contributed by atoms with van der Waals surface area (Å²) in [5, 5.41) is 8.01. The van der Waals surface area contributed by atoms with E-state index in [1.54, 1.807) is 0 Å². The highest BCUT2D eigenvalue weighted by atomic mass is 16.3. The molecule has 9 aromatic rings. The highest BCUT2D eigenvalue weighted by molar-refractivity contribution is 6.16. The maximum atomic E-state index is 6.62. The predicted octanol–water partition coefficient (Wildman–Crippen LogP) is 10.8. The number of nitrogens with zero attached hydrogens (tertiary/aromatic N) is 3. The second-order valence-corrected chi connectivity index (χ2v) is 12.6. The summed E-state index contributed by atoms with van der Waals surface area (Å²) in [6, 6.07) is 59.1. The quantitative estimate of drug-likeness (QED) is 0.203. The molecule has 5 nitrogen and oxygen atoms in total. The summed E-state index contributed by atoms with van der Waals surface area (Å²) >= 11 is 0. The first-order chi connectivity index (χ1) is 24.8. The molecule has 0 spiro atoms. The molecule has 5 heteroatoms. The molecule has 0 amide bonds. The summed E-state index contributed by atoms with van der Waals surface area (Å²) in [6.45, 7) is 0. The molecular weight excluding hydrogens is 613 g/mol. The van der Waals surface area contributed by atoms with Crippen LogP contribution < -0.4 is 5.32 Å². The third-order valence-corrected chi connectivity index (χ3v) is 9.66. The van der Waals surface area contributed by atoms with E-state index < -0.39 is 6.17 Å². The van der Waals surface area contributed by atoms with Crippen LogP contribution in [0.3, 0.4) is 0 Å². The van der Waals surface area contributed by atoms with Crippen molar-refractivity contribution in [3.8, 4) is 16.8 Å². The van der Waals surface area contributed by atoms with Crippen molar-refractivity contribution in [2.75, 3.05) is 0 Å². The van der Waals surface area contributed by atoms with Gasteiger partial charge in [-0.2, -0.15) is 0 Å². The van der Waals surface area contributed by atoms with Crippen molar-refractivity contribution in [1.82, 2.24) is 9.88 Å². The zero-order chi connectivity index (χ0) is 33.0. The average Bonchev–Trinajstić information content (AvgIpc) is 3.74. The van der Waals surface area contributed by atoms with Crippen LogP contribution in [0.1, 0.15) is 22.9 Å². The van der Waals surface area contributed by atoms with Gasteiger partial charge in [-0.05, 0) is 47.5 Å². The third kappa shape index (κ3) is 4.63. The Labute approximate surface area is 288 Å². The van der Waals surface area contributed by atoms with Crippen molar-refractivity contribution in [2.45, 2.75) is 6.17 Å². The molecule has 1 N–H and O–H groups in total. The van der Waals surface area contributed by atoms with Gasteiger partial charge in [-0.15, -0.1) is 0 Å². The van der Waals surface area contributed by atoms with Crippen LogP contribution in [0.2, 0.25) is 0 Å². The zero-order valence-electron chi connectivity index (χ0n) is 27.0. The van der Waals surface area contributed by atoms with E-state index in [1.807, 2.05) is 48.5 Å². The normalized spacial score (nSPS) is 13.5. The molecule has 7 aromatic carbocycles. The molecule has 0 aliphatic carbocycles. The summed E-state index contributed by atoms with van der Waals surface area (Å²) < 4.78 is 8.96. The molecule has 0 atom stereocenters. The molecule has 0 bridgehead atoms. The van der Waals surface area contributed by atoms with Crippen molar-refractivity contribution < 1.29 is 4.42 Å². The Morgan fingerprint density at radius 3 is 1.82 bits per heavy atom. The van der Waals surface area contributed by atoms with Gasteiger partial charge in [0.2, 0.25) is 0 Å². The monoisotopic (exact) mass is 642 g/mol. The van der Waals surface area contributed by atoms with E-state index in [0.29, 0.717) is 0 Å². The number of para-hydroxylation sites is 1. The lowest BCUT2D eigenvalue weighted by Crippen LogP contribution is -2.36. The Morgan fingerprint density at radius 1 is 0.460 bits per heavy atom. The Kier molecular flexibility index (Phi) is 6.49. The fraction of sp³-hybridized carbons (Fsp3) is 0.0222. The SMILES string of the molecule is c1ccc(C2=NC(c3cccc4oc5cc(-n6c7ccccc7c7cc(-c8ccccc8)ccc76)ccc5c34)N=C(c3ccccc3)N2)cc1. The van der Waals surface area contributed by atoms with E-state index in [2.05, 4.69) is 131 Å². The number of nitrogens with one attached hydrogen (secondary N) is 1. The first-order valence-corrected chi connectivity index (χ1v) is 16.9. The van der Waals surface area contributed by atoms with E-state index in [0.717, 1.165) is 67.0 Å². The molecule has 0 saturated heterocycles. The number of fused-ring (bicyclic) bond motifs is 6. The fourth-order valence-corrected chi connectivity index (χ4v) is 7.33. The lowest BCUT2D eigenvalue weighted by atomic mass is 10.0. The number of aromatic nitrogens is 1. The predicted molar refractivity (Wildman–Crippen MR) is 205 cm³/mol. The Hall–Kier alpha value is -6.72. The van der Waals surface area contributed by atoms with Crippen molar-refractivity contribution in [3.05, 3.63) is 187 Å². The zero-order valence-corrected chi connectivity index (χ0v) is 27.0. The second-order valence-electron chi connectivity index (χ2n) is 12.6. The van der Waals surface area contributed by atoms with Gasteiger partial charge in [0.1, 0.15) is 22.8 Å². The van der Waals surface area contributed by atoms with Crippen LogP contribution >= 0.6 is 0 Å². The topological polar surface area (TPSA) is 54.8 Å². The van der Waals surface area contributed by atoms with Crippen molar-refractivity contribution in [1.29, 1.82) is 0 Å². The molecule has 236 valence electrons. The van der Waals surface area contributed by atoms with Gasteiger partial charge in [0.15, 0.2) is 6.17 Å². The standard InChI is InChI=1S/C45H30N4O/c1-4-13-29(14-5-1)32-23-26-39-37(27-32)34-19-10-11-21-38(34)49(39)33-24-25-35-41(28-33)50-40-22-12-20-36(42(35)40)45-47-43(30-15-6-2-7-16-30)46-44(48-45)31-17-8-3-9-18-31/h1-28,45H,(H,46,47,48). The van der Waals surface area contributed by atoms with Crippen LogP contribution in [0.4, 0.5) is 0 Å². The molecule has 0 radical (unpaired) electrons. The van der Waals surface area contributed by atoms with Crippen LogP contribution in [0.5, 0.6) is 0 Å². The molecule has 3 heterocycles. The molecular formula is C45H30N4O. The number of furan rings is 1. The smallest absolute Gasteiger partial charge is 0.170 e. The summed E-state index contributed by atoms with van der Waals surface area (Å²) in [6.07, 6.45) is -0.456. The molecule has 0 saturated carbocycles. The minimum atomic E-state index is -0.456. The van der Waals surface area contributed by atoms with Gasteiger partial charge in [0.25, 0.3) is 0 Å². The Balaban J connectivity index is 1.13. The molecule has 0 unspecified atom stereocenters. The molecule has 1 aliphatic rings. The van der Waals surface area contributed by atoms with Gasteiger partial charge in [-0.3, -0.25) is 0 Å². The average molecular weight is 643 g/mol. The first kappa shape index (κ1) is 28.3. The highest BCUT2D eigenvalue weighted by Crippen LogP contribution is 2.40. The number of hydrogen-bond donors (Lipinski definition) is 1. The van der Waals surface area contributed by atoms with E-state index in [9.17, 15) is 0 Å². The van der Waals surface area contributed by atoms with Crippen LogP contribution in [0.25, 0.3) is 60.6 Å². The maximum absolute atomic E-state index is 6.62. The number of benzene rings is 7. The van der Waals surface area contributed by atoms with Crippen LogP contribution in [-0.4, -0.2) is 16.2 Å². The first-order valence-electron chi connectivity index (χ1n) is 16.9. The number of hydrogen-bond acceptors (Lipinski definition) is 4. The number of amidine groups is 2. The van der Waals surface area contributed by atoms with Gasteiger partial charge in [-0.1, -0.05) is 127 Å². The summed E-state index contributed by atoms with van der Waals surface area (Å²) in [7, 11) is 0. The van der Waals surface area contributed by atoms with Gasteiger partial charge < -0.3 is 14.3 Å². The lowest BCUT2D eigenvalue weighted by Gasteiger charge is -2.22. The summed E-state index contributed by atoms with van der Waals surface area (Å²) in [5.41, 5.74) is 10.4. The van der Waals surface area contributed by atoms with Crippen molar-refractivity contribution in [3.63, 3.8) is 0 Å². The Bertz CT molecular complexity index is 2720. The summed E-state index contributed by atoms with van der Waals surface area (Å²) in [4.78, 5) is 10.3. The molecule has 1 aliphatic heterocycles. The minimum absolute atomic E-state index is 0.456. The minimum Gasteiger partial charge on any atom is -0.456 e. The van der Waals surface area contributed by atoms with Crippen molar-refractivity contribution in [2.24, 2.45) is 9.98 Å². The van der Waals surface area contributed by atoms with E-state index in [1.165, 1.54) is 21.9 Å². The van der Waals surface area contributed by atoms with E-state index >= 15 is 0 Å². The van der Waals surface area contributed by atoms with Gasteiger partial charge in [0.05, 0.1) is 11.0 Å². The number of rotatable bonds is 5. The molecule has 2 aromatic heterocycles. The molecule has 50 heavy (non-hydrogen) atoms. The van der Waals surface area contributed by atoms with Gasteiger partial charge in [0, 0.05) is 50.0 Å². The summed E-state index contributed by atoms with van der Waals surface area (Å²) in [5.74, 6) is 1.58. The fourth-order valence-electron chi connectivity index (χ4n) is 7.33. The highest BCUT2D eigenvalue weighted by Gasteiger charge is 2.24. The van der Waals surface area contributed by atoms with Crippen molar-refractivity contribution >= 4 is 55.4 Å². The molecule has 0 fully saturated rings. The van der Waals surface area contributed by atoms with Crippen LogP contribution in [0.15, 0.2) is 184 Å². The lowest BCUT2D eigenvalue weighted by molar-refractivity contribution is 0.667. The largest absolute Gasteiger partial charge is 0.456 e. The van der Waals surface area contributed by atoms with Gasteiger partial charge >= 0.3 is 0 Å². The second kappa shape index (κ2) is 11.5. The number of aliphatic imine (C=N–C) groups is 2. The molecule has 10 rings (SSSR count). The van der Waals surface area contributed by atoms with Crippen LogP contribution in [0, 0.1) is 0 Å². The van der Waals surface area contributed by atoms with E-state index in [4.69, 9.17) is 14.4 Å². The Morgan fingerprint density at radius 2 is 1.10 bits per heavy atom. The van der Waals surface area contributed by atoms with E-state index in [-0.39, 0.29) is 0 Å². The third-order valence-electron chi connectivity index (χ3n) is 9.66. The maximum Gasteiger partial charge on any atom is 0.170 e. The van der Waals surface area contributed by atoms with Crippen LogP contribution in [-0.2, 0) is 0 Å². The van der Waals surface area contributed by atoms with Gasteiger partial charge in [-0.25, -0.2) is 9.98 Å².